The van der Waals surface area contributed by atoms with E-state index in [9.17, 15) is 4.79 Å². The Kier molecular flexibility index (Phi) is 7.04. The standard InChI is InChI=1S/C26H27N5O3S/c1-33-21-7-8-24(28-15-21)34-20-5-2-4-19(14-20)22-17-35-26(29-22)30-25(32)23-6-3-13-31(23)16-18-9-11-27-12-10-18/h3,6-13,15,17,19-20H,2,4-5,14,16H2,1H3,(H,29,30,32)/t19-,20+/m0/s1. The van der Waals surface area contributed by atoms with E-state index in [0.29, 0.717) is 34.9 Å². The number of thiazole rings is 1. The van der Waals surface area contributed by atoms with Gasteiger partial charge in [-0.05, 0) is 61.6 Å². The van der Waals surface area contributed by atoms with Gasteiger partial charge in [-0.15, -0.1) is 11.3 Å². The lowest BCUT2D eigenvalue weighted by Crippen LogP contribution is -2.25. The molecule has 1 aliphatic carbocycles. The van der Waals surface area contributed by atoms with Gasteiger partial charge in [0.2, 0.25) is 5.88 Å². The molecule has 0 saturated heterocycles. The van der Waals surface area contributed by atoms with Crippen LogP contribution in [0, 0.1) is 0 Å². The number of hydrogen-bond donors (Lipinski definition) is 1. The molecule has 9 heteroatoms. The second-order valence-electron chi connectivity index (χ2n) is 8.55. The predicted octanol–water partition coefficient (Wildman–Crippen LogP) is 5.15. The molecule has 0 aliphatic heterocycles. The lowest BCUT2D eigenvalue weighted by Gasteiger charge is -2.28. The number of pyridine rings is 2. The summed E-state index contributed by atoms with van der Waals surface area (Å²) in [6, 6.07) is 11.3. The van der Waals surface area contributed by atoms with E-state index in [1.165, 1.54) is 11.3 Å². The topological polar surface area (TPSA) is 91.2 Å². The number of nitrogens with zero attached hydrogens (tertiary/aromatic N) is 4. The molecule has 180 valence electrons. The monoisotopic (exact) mass is 489 g/mol. The Bertz CT molecular complexity index is 1260. The minimum Gasteiger partial charge on any atom is -0.495 e. The number of hydrogen-bond acceptors (Lipinski definition) is 7. The molecule has 0 spiro atoms. The van der Waals surface area contributed by atoms with Crippen molar-refractivity contribution in [3.05, 3.63) is 83.5 Å². The number of methoxy groups -OCH3 is 1. The zero-order chi connectivity index (χ0) is 24.0. The summed E-state index contributed by atoms with van der Waals surface area (Å²) in [6.45, 7) is 0.605. The maximum atomic E-state index is 13.0. The van der Waals surface area contributed by atoms with Crippen molar-refractivity contribution in [3.8, 4) is 11.6 Å². The molecule has 1 amide bonds. The highest BCUT2D eigenvalue weighted by atomic mass is 32.1. The first-order chi connectivity index (χ1) is 17.2. The molecule has 5 rings (SSSR count). The summed E-state index contributed by atoms with van der Waals surface area (Å²) in [6.07, 6.45) is 11.2. The van der Waals surface area contributed by atoms with Crippen LogP contribution in [-0.2, 0) is 6.54 Å². The van der Waals surface area contributed by atoms with Crippen LogP contribution in [0.3, 0.4) is 0 Å². The van der Waals surface area contributed by atoms with Crippen molar-refractivity contribution >= 4 is 22.4 Å². The molecule has 0 aromatic carbocycles. The van der Waals surface area contributed by atoms with Crippen LogP contribution < -0.4 is 14.8 Å². The number of rotatable bonds is 8. The molecule has 4 aromatic rings. The van der Waals surface area contributed by atoms with Crippen molar-refractivity contribution < 1.29 is 14.3 Å². The number of nitrogens with one attached hydrogen (secondary N) is 1. The Labute approximate surface area is 208 Å². The second-order valence-corrected chi connectivity index (χ2v) is 9.41. The molecule has 1 fully saturated rings. The minimum atomic E-state index is -0.166. The largest absolute Gasteiger partial charge is 0.495 e. The average molecular weight is 490 g/mol. The molecule has 1 saturated carbocycles. The molecule has 0 bridgehead atoms. The van der Waals surface area contributed by atoms with Crippen molar-refractivity contribution in [2.45, 2.75) is 44.2 Å². The van der Waals surface area contributed by atoms with E-state index in [0.717, 1.165) is 36.9 Å². The van der Waals surface area contributed by atoms with Gasteiger partial charge in [-0.25, -0.2) is 9.97 Å². The number of anilines is 1. The van der Waals surface area contributed by atoms with Gasteiger partial charge in [0, 0.05) is 42.5 Å². The fraction of sp³-hybridized carbons (Fsp3) is 0.308. The third kappa shape index (κ3) is 5.68. The second kappa shape index (κ2) is 10.7. The lowest BCUT2D eigenvalue weighted by molar-refractivity contribution is 0.101. The number of amides is 1. The molecule has 8 nitrogen and oxygen atoms in total. The first-order valence-electron chi connectivity index (χ1n) is 11.7. The van der Waals surface area contributed by atoms with Gasteiger partial charge in [0.25, 0.3) is 5.91 Å². The molecule has 1 aliphatic rings. The number of carbonyl (C=O) groups is 1. The molecule has 0 unspecified atom stereocenters. The highest BCUT2D eigenvalue weighted by Gasteiger charge is 2.27. The summed E-state index contributed by atoms with van der Waals surface area (Å²) in [5, 5.41) is 5.63. The average Bonchev–Trinajstić information content (AvgIpc) is 3.55. The van der Waals surface area contributed by atoms with Gasteiger partial charge in [-0.3, -0.25) is 15.1 Å². The SMILES string of the molecule is COc1ccc(O[C@@H]2CCC[C@H](c3csc(NC(=O)c4cccn4Cc4ccncc4)n3)C2)nc1. The Morgan fingerprint density at radius 1 is 1.20 bits per heavy atom. The van der Waals surface area contributed by atoms with Crippen LogP contribution in [0.15, 0.2) is 66.6 Å². The molecule has 4 aromatic heterocycles. The third-order valence-electron chi connectivity index (χ3n) is 6.18. The summed E-state index contributed by atoms with van der Waals surface area (Å²) < 4.78 is 13.2. The molecule has 1 N–H and O–H groups in total. The van der Waals surface area contributed by atoms with E-state index >= 15 is 0 Å². The van der Waals surface area contributed by atoms with Crippen molar-refractivity contribution in [1.29, 1.82) is 0 Å². The number of aromatic nitrogens is 4. The van der Waals surface area contributed by atoms with Gasteiger partial charge in [-0.1, -0.05) is 0 Å². The van der Waals surface area contributed by atoms with Gasteiger partial charge >= 0.3 is 0 Å². The number of ether oxygens (including phenoxy) is 2. The Hall–Kier alpha value is -3.72. The third-order valence-corrected chi connectivity index (χ3v) is 6.96. The molecule has 0 radical (unpaired) electrons. The van der Waals surface area contributed by atoms with E-state index in [2.05, 4.69) is 15.3 Å². The lowest BCUT2D eigenvalue weighted by atomic mass is 9.85. The maximum Gasteiger partial charge on any atom is 0.274 e. The zero-order valence-corrected chi connectivity index (χ0v) is 20.3. The van der Waals surface area contributed by atoms with E-state index in [1.54, 1.807) is 25.7 Å². The number of carbonyl (C=O) groups excluding carboxylic acids is 1. The smallest absolute Gasteiger partial charge is 0.274 e. The van der Waals surface area contributed by atoms with Crippen molar-refractivity contribution in [2.24, 2.45) is 0 Å². The Balaban J connectivity index is 1.20. The predicted molar refractivity (Wildman–Crippen MR) is 134 cm³/mol. The summed E-state index contributed by atoms with van der Waals surface area (Å²) in [7, 11) is 1.62. The Morgan fingerprint density at radius 3 is 2.89 bits per heavy atom. The van der Waals surface area contributed by atoms with Crippen LogP contribution in [0.1, 0.15) is 53.3 Å². The summed E-state index contributed by atoms with van der Waals surface area (Å²) >= 11 is 1.46. The molecular formula is C26H27N5O3S. The van der Waals surface area contributed by atoms with Crippen LogP contribution in [0.4, 0.5) is 5.13 Å². The zero-order valence-electron chi connectivity index (χ0n) is 19.5. The van der Waals surface area contributed by atoms with Crippen LogP contribution >= 0.6 is 11.3 Å². The fourth-order valence-electron chi connectivity index (χ4n) is 4.38. The normalized spacial score (nSPS) is 17.6. The molecular weight excluding hydrogens is 462 g/mol. The van der Waals surface area contributed by atoms with E-state index in [-0.39, 0.29) is 12.0 Å². The van der Waals surface area contributed by atoms with E-state index in [1.807, 2.05) is 52.5 Å². The summed E-state index contributed by atoms with van der Waals surface area (Å²) in [5.41, 5.74) is 2.69. The summed E-state index contributed by atoms with van der Waals surface area (Å²) in [5.74, 6) is 1.45. The first kappa shape index (κ1) is 23.0. The first-order valence-corrected chi connectivity index (χ1v) is 12.5. The Morgan fingerprint density at radius 2 is 2.09 bits per heavy atom. The highest BCUT2D eigenvalue weighted by molar-refractivity contribution is 7.14. The molecule has 2 atom stereocenters. The maximum absolute atomic E-state index is 13.0. The van der Waals surface area contributed by atoms with Crippen LogP contribution in [-0.4, -0.2) is 38.6 Å². The fourth-order valence-corrected chi connectivity index (χ4v) is 5.17. The quantitative estimate of drug-likeness (QED) is 0.368. The van der Waals surface area contributed by atoms with Crippen LogP contribution in [0.5, 0.6) is 11.6 Å². The van der Waals surface area contributed by atoms with Gasteiger partial charge in [0.05, 0.1) is 19.0 Å². The van der Waals surface area contributed by atoms with Crippen molar-refractivity contribution in [2.75, 3.05) is 12.4 Å². The van der Waals surface area contributed by atoms with Gasteiger partial charge in [-0.2, -0.15) is 0 Å². The van der Waals surface area contributed by atoms with Gasteiger partial charge < -0.3 is 14.0 Å². The van der Waals surface area contributed by atoms with Crippen LogP contribution in [0.2, 0.25) is 0 Å². The molecule has 4 heterocycles. The highest BCUT2D eigenvalue weighted by Crippen LogP contribution is 2.36. The van der Waals surface area contributed by atoms with Gasteiger partial charge in [0.15, 0.2) is 5.13 Å². The van der Waals surface area contributed by atoms with E-state index in [4.69, 9.17) is 14.5 Å². The van der Waals surface area contributed by atoms with Crippen molar-refractivity contribution in [1.82, 2.24) is 19.5 Å². The van der Waals surface area contributed by atoms with Crippen LogP contribution in [0.25, 0.3) is 0 Å². The summed E-state index contributed by atoms with van der Waals surface area (Å²) in [4.78, 5) is 26.1. The minimum absolute atomic E-state index is 0.0887. The van der Waals surface area contributed by atoms with E-state index < -0.39 is 0 Å². The molecule has 35 heavy (non-hydrogen) atoms. The van der Waals surface area contributed by atoms with Crippen molar-refractivity contribution in [3.63, 3.8) is 0 Å². The van der Waals surface area contributed by atoms with Gasteiger partial charge in [0.1, 0.15) is 17.5 Å².